The molecule has 2 aliphatic rings. The first-order valence-corrected chi connectivity index (χ1v) is 10.4. The monoisotopic (exact) mass is 395 g/mol. The number of aliphatic hydroxyl groups excluding tert-OH is 1. The van der Waals surface area contributed by atoms with E-state index in [9.17, 15) is 9.90 Å². The molecule has 1 amide bonds. The van der Waals surface area contributed by atoms with Gasteiger partial charge in [-0.1, -0.05) is 97.7 Å². The summed E-state index contributed by atoms with van der Waals surface area (Å²) in [6.45, 7) is 1.77. The van der Waals surface area contributed by atoms with Crippen molar-refractivity contribution in [2.24, 2.45) is 5.92 Å². The zero-order valence-electron chi connectivity index (χ0n) is 15.0. The Hall–Kier alpha value is -1.95. The number of carbonyl (C=O) groups excluding carboxylic acids is 1. The molecule has 27 heavy (non-hydrogen) atoms. The van der Waals surface area contributed by atoms with Gasteiger partial charge in [-0.05, 0) is 23.1 Å². The predicted octanol–water partition coefficient (Wildman–Crippen LogP) is 4.22. The van der Waals surface area contributed by atoms with Crippen LogP contribution in [-0.4, -0.2) is 31.6 Å². The summed E-state index contributed by atoms with van der Waals surface area (Å²) in [7, 11) is 0. The summed E-state index contributed by atoms with van der Waals surface area (Å²) in [5.41, 5.74) is 3.47. The molecule has 1 fully saturated rings. The first-order valence-electron chi connectivity index (χ1n) is 9.09. The Balaban J connectivity index is 1.53. The van der Waals surface area contributed by atoms with Crippen LogP contribution in [0.4, 0.5) is 0 Å². The highest BCUT2D eigenvalue weighted by atomic mass is 32.2. The molecular weight excluding hydrogens is 374 g/mol. The van der Waals surface area contributed by atoms with Gasteiger partial charge in [0, 0.05) is 5.25 Å². The van der Waals surface area contributed by atoms with Crippen LogP contribution < -0.4 is 0 Å². The van der Waals surface area contributed by atoms with Gasteiger partial charge in [0.1, 0.15) is 4.32 Å². The summed E-state index contributed by atoms with van der Waals surface area (Å²) < 4.78 is 0.621. The molecule has 0 aromatic heterocycles. The maximum atomic E-state index is 13.2. The third kappa shape index (κ3) is 3.47. The number of carbonyl (C=O) groups is 1. The van der Waals surface area contributed by atoms with Gasteiger partial charge < -0.3 is 5.11 Å². The van der Waals surface area contributed by atoms with Gasteiger partial charge >= 0.3 is 0 Å². The van der Waals surface area contributed by atoms with Gasteiger partial charge in [-0.15, -0.1) is 0 Å². The standard InChI is InChI=1S/C22H21NO2S2/c1-14(18(24)12-11-15-7-3-2-4-8-15)21(25)23-20-17-10-6-5-9-16(17)13-19(20)27-22(23)26/h2-12,14,18-20,24H,13H2,1H3/t14-,18+,19-,20?/m1/s1. The molecule has 138 valence electrons. The Morgan fingerprint density at radius 1 is 1.22 bits per heavy atom. The Kier molecular flexibility index (Phi) is 5.17. The second kappa shape index (κ2) is 7.58. The van der Waals surface area contributed by atoms with Gasteiger partial charge in [-0.3, -0.25) is 9.69 Å². The number of nitrogens with zero attached hydrogens (tertiary/aromatic N) is 1. The van der Waals surface area contributed by atoms with Crippen molar-refractivity contribution >= 4 is 40.3 Å². The summed E-state index contributed by atoms with van der Waals surface area (Å²) in [6.07, 6.45) is 3.60. The maximum absolute atomic E-state index is 13.2. The number of rotatable bonds is 4. The van der Waals surface area contributed by atoms with Crippen molar-refractivity contribution in [3.8, 4) is 0 Å². The molecule has 0 radical (unpaired) electrons. The predicted molar refractivity (Wildman–Crippen MR) is 114 cm³/mol. The first-order chi connectivity index (χ1) is 13.1. The van der Waals surface area contributed by atoms with Crippen molar-refractivity contribution in [1.29, 1.82) is 0 Å². The van der Waals surface area contributed by atoms with Crippen molar-refractivity contribution in [2.75, 3.05) is 0 Å². The average molecular weight is 396 g/mol. The molecule has 1 saturated heterocycles. The minimum absolute atomic E-state index is 0.0149. The smallest absolute Gasteiger partial charge is 0.234 e. The number of thioether (sulfide) groups is 1. The minimum Gasteiger partial charge on any atom is -0.388 e. The number of benzene rings is 2. The second-order valence-corrected chi connectivity index (χ2v) is 8.90. The molecule has 0 bridgehead atoms. The molecule has 4 atom stereocenters. The van der Waals surface area contributed by atoms with Crippen LogP contribution in [0.2, 0.25) is 0 Å². The average Bonchev–Trinajstić information content (AvgIpc) is 3.20. The summed E-state index contributed by atoms with van der Waals surface area (Å²) in [5.74, 6) is -0.670. The SMILES string of the molecule is C[C@@H](C(=O)N1C(=S)S[C@@H]2Cc3ccccc3C21)[C@@H](O)C=Cc1ccccc1. The molecule has 1 heterocycles. The lowest BCUT2D eigenvalue weighted by Gasteiger charge is -2.28. The van der Waals surface area contributed by atoms with Crippen LogP contribution >= 0.6 is 24.0 Å². The molecule has 0 spiro atoms. The lowest BCUT2D eigenvalue weighted by Crippen LogP contribution is -2.41. The van der Waals surface area contributed by atoms with E-state index in [2.05, 4.69) is 12.1 Å². The second-order valence-electron chi connectivity index (χ2n) is 7.03. The molecule has 1 aliphatic carbocycles. The zero-order chi connectivity index (χ0) is 19.0. The number of amides is 1. The Morgan fingerprint density at radius 3 is 2.70 bits per heavy atom. The Bertz CT molecular complexity index is 896. The topological polar surface area (TPSA) is 40.5 Å². The van der Waals surface area contributed by atoms with Gasteiger partial charge in [-0.25, -0.2) is 0 Å². The molecule has 4 rings (SSSR count). The Morgan fingerprint density at radius 2 is 1.93 bits per heavy atom. The van der Waals surface area contributed by atoms with E-state index in [0.717, 1.165) is 12.0 Å². The van der Waals surface area contributed by atoms with Crippen molar-refractivity contribution < 1.29 is 9.90 Å². The highest BCUT2D eigenvalue weighted by molar-refractivity contribution is 8.23. The van der Waals surface area contributed by atoms with Gasteiger partial charge in [0.25, 0.3) is 0 Å². The van der Waals surface area contributed by atoms with E-state index < -0.39 is 12.0 Å². The molecule has 2 aromatic carbocycles. The molecule has 1 N–H and O–H groups in total. The van der Waals surface area contributed by atoms with E-state index in [4.69, 9.17) is 12.2 Å². The summed E-state index contributed by atoms with van der Waals surface area (Å²) in [4.78, 5) is 14.9. The molecular formula is C22H21NO2S2. The molecule has 5 heteroatoms. The van der Waals surface area contributed by atoms with Crippen LogP contribution in [0.5, 0.6) is 0 Å². The van der Waals surface area contributed by atoms with E-state index in [1.807, 2.05) is 48.5 Å². The van der Waals surface area contributed by atoms with Gasteiger partial charge in [0.15, 0.2) is 0 Å². The summed E-state index contributed by atoms with van der Waals surface area (Å²) in [6, 6.07) is 18.0. The quantitative estimate of drug-likeness (QED) is 0.787. The Labute approximate surface area is 169 Å². The van der Waals surface area contributed by atoms with Crippen LogP contribution in [0, 0.1) is 5.92 Å². The fourth-order valence-electron chi connectivity index (χ4n) is 3.78. The van der Waals surface area contributed by atoms with Crippen molar-refractivity contribution in [2.45, 2.75) is 30.7 Å². The van der Waals surface area contributed by atoms with Crippen LogP contribution in [0.1, 0.15) is 29.7 Å². The maximum Gasteiger partial charge on any atom is 0.234 e. The van der Waals surface area contributed by atoms with E-state index in [0.29, 0.717) is 4.32 Å². The third-order valence-corrected chi connectivity index (χ3v) is 6.91. The number of aliphatic hydroxyl groups is 1. The van der Waals surface area contributed by atoms with E-state index in [-0.39, 0.29) is 17.2 Å². The molecule has 1 unspecified atom stereocenters. The zero-order valence-corrected chi connectivity index (χ0v) is 16.6. The fourth-order valence-corrected chi connectivity index (χ4v) is 5.59. The lowest BCUT2D eigenvalue weighted by molar-refractivity contribution is -0.134. The normalized spacial score (nSPS) is 23.3. The molecule has 3 nitrogen and oxygen atoms in total. The molecule has 1 aliphatic heterocycles. The largest absolute Gasteiger partial charge is 0.388 e. The van der Waals surface area contributed by atoms with Gasteiger partial charge in [0.2, 0.25) is 5.91 Å². The number of hydrogen-bond acceptors (Lipinski definition) is 4. The van der Waals surface area contributed by atoms with E-state index >= 15 is 0 Å². The fraction of sp³-hybridized carbons (Fsp3) is 0.273. The highest BCUT2D eigenvalue weighted by Gasteiger charge is 2.48. The van der Waals surface area contributed by atoms with Crippen molar-refractivity contribution in [1.82, 2.24) is 4.90 Å². The highest BCUT2D eigenvalue weighted by Crippen LogP contribution is 2.49. The van der Waals surface area contributed by atoms with Gasteiger partial charge in [0.05, 0.1) is 18.1 Å². The van der Waals surface area contributed by atoms with Crippen molar-refractivity contribution in [3.63, 3.8) is 0 Å². The van der Waals surface area contributed by atoms with Crippen LogP contribution in [0.25, 0.3) is 6.08 Å². The van der Waals surface area contributed by atoms with Crippen LogP contribution in [0.3, 0.4) is 0 Å². The number of hydrogen-bond donors (Lipinski definition) is 1. The van der Waals surface area contributed by atoms with E-state index in [1.165, 1.54) is 11.1 Å². The van der Waals surface area contributed by atoms with Crippen molar-refractivity contribution in [3.05, 3.63) is 77.4 Å². The number of fused-ring (bicyclic) bond motifs is 3. The minimum atomic E-state index is -0.860. The molecule has 2 aromatic rings. The van der Waals surface area contributed by atoms with E-state index in [1.54, 1.807) is 29.7 Å². The summed E-state index contributed by atoms with van der Waals surface area (Å²) in [5, 5.41) is 10.8. The van der Waals surface area contributed by atoms with Crippen LogP contribution in [-0.2, 0) is 11.2 Å². The van der Waals surface area contributed by atoms with Gasteiger partial charge in [-0.2, -0.15) is 0 Å². The van der Waals surface area contributed by atoms with Crippen LogP contribution in [0.15, 0.2) is 60.7 Å². The summed E-state index contributed by atoms with van der Waals surface area (Å²) >= 11 is 7.12. The number of thiocarbonyl (C=S) groups is 1. The molecule has 0 saturated carbocycles. The third-order valence-electron chi connectivity index (χ3n) is 5.30. The lowest BCUT2D eigenvalue weighted by atomic mass is 9.99. The first kappa shape index (κ1) is 18.4.